The summed E-state index contributed by atoms with van der Waals surface area (Å²) >= 11 is 0. The van der Waals surface area contributed by atoms with E-state index in [9.17, 15) is 0 Å². The van der Waals surface area contributed by atoms with Crippen molar-refractivity contribution in [2.24, 2.45) is 0 Å². The van der Waals surface area contributed by atoms with Gasteiger partial charge in [-0.3, -0.25) is 0 Å². The molecule has 67 heavy (non-hydrogen) atoms. The van der Waals surface area contributed by atoms with Crippen molar-refractivity contribution >= 4 is 53.5 Å². The van der Waals surface area contributed by atoms with Crippen LogP contribution in [0.4, 0.5) is 17.1 Å². The second-order valence-corrected chi connectivity index (χ2v) is 17.9. The van der Waals surface area contributed by atoms with Gasteiger partial charge in [0.25, 0.3) is 0 Å². The summed E-state index contributed by atoms with van der Waals surface area (Å²) in [6, 6.07) is 73.1. The Labute approximate surface area is 398 Å². The van der Waals surface area contributed by atoms with E-state index in [1.54, 1.807) is 0 Å². The van der Waals surface area contributed by atoms with Crippen molar-refractivity contribution in [2.45, 2.75) is 41.5 Å². The third kappa shape index (κ3) is 10.8. The maximum atomic E-state index is 2.35. The molecule has 0 atom stereocenters. The predicted octanol–water partition coefficient (Wildman–Crippen LogP) is 18.5. The third-order valence-electron chi connectivity index (χ3n) is 12.8. The van der Waals surface area contributed by atoms with Crippen molar-refractivity contribution in [2.75, 3.05) is 4.90 Å². The van der Waals surface area contributed by atoms with Crippen LogP contribution in [-0.2, 0) is 0 Å². The number of anilines is 3. The molecule has 0 spiro atoms. The second kappa shape index (κ2) is 20.0. The Kier molecular flexibility index (Phi) is 13.2. The first-order valence-corrected chi connectivity index (χ1v) is 23.3. The molecule has 1 heteroatoms. The fourth-order valence-electron chi connectivity index (χ4n) is 8.59. The van der Waals surface area contributed by atoms with Crippen molar-refractivity contribution in [1.29, 1.82) is 0 Å². The van der Waals surface area contributed by atoms with Gasteiger partial charge in [0, 0.05) is 17.1 Å². The summed E-state index contributed by atoms with van der Waals surface area (Å²) in [6.07, 6.45) is 13.2. The lowest BCUT2D eigenvalue weighted by Crippen LogP contribution is -2.09. The Bertz CT molecular complexity index is 2860. The Hall–Kier alpha value is -8.00. The van der Waals surface area contributed by atoms with Crippen LogP contribution in [0.25, 0.3) is 69.8 Å². The minimum Gasteiger partial charge on any atom is -0.311 e. The first-order chi connectivity index (χ1) is 32.6. The van der Waals surface area contributed by atoms with E-state index < -0.39 is 0 Å². The van der Waals surface area contributed by atoms with Crippen LogP contribution in [0.3, 0.4) is 0 Å². The maximum Gasteiger partial charge on any atom is 0.0462 e. The van der Waals surface area contributed by atoms with Crippen molar-refractivity contribution in [1.82, 2.24) is 0 Å². The molecule has 9 aromatic rings. The molecule has 0 heterocycles. The van der Waals surface area contributed by atoms with Gasteiger partial charge in [-0.2, -0.15) is 0 Å². The monoisotopic (exact) mass is 863 g/mol. The van der Waals surface area contributed by atoms with Gasteiger partial charge < -0.3 is 4.90 Å². The fraction of sp³-hybridized carbons (Fsp3) is 0.0909. The maximum absolute atomic E-state index is 2.35. The molecule has 0 radical (unpaired) electrons. The number of aryl methyl sites for hydroxylation is 6. The first kappa shape index (κ1) is 44.2. The molecule has 0 fully saturated rings. The normalized spacial score (nSPS) is 11.6. The van der Waals surface area contributed by atoms with E-state index in [2.05, 4.69) is 283 Å². The van der Waals surface area contributed by atoms with Crippen LogP contribution in [0.1, 0.15) is 66.8 Å². The molecule has 0 unspecified atom stereocenters. The van der Waals surface area contributed by atoms with E-state index in [0.717, 1.165) is 17.1 Å². The molecule has 0 aliphatic rings. The average molecular weight is 864 g/mol. The van der Waals surface area contributed by atoms with Gasteiger partial charge in [0.1, 0.15) is 0 Å². The lowest BCUT2D eigenvalue weighted by atomic mass is 10.0. The fourth-order valence-corrected chi connectivity index (χ4v) is 8.59. The molecule has 0 aromatic heterocycles. The van der Waals surface area contributed by atoms with Crippen LogP contribution >= 0.6 is 0 Å². The molecule has 0 saturated heterocycles. The van der Waals surface area contributed by atoms with E-state index in [4.69, 9.17) is 0 Å². The number of benzene rings is 9. The zero-order valence-electron chi connectivity index (χ0n) is 39.5. The molecular formula is C66H57N. The molecule has 0 aliphatic carbocycles. The minimum absolute atomic E-state index is 1.09. The van der Waals surface area contributed by atoms with E-state index >= 15 is 0 Å². The molecule has 0 bridgehead atoms. The topological polar surface area (TPSA) is 3.24 Å². The lowest BCUT2D eigenvalue weighted by molar-refractivity contribution is 1.28. The molecule has 0 aliphatic heterocycles. The third-order valence-corrected chi connectivity index (χ3v) is 12.8. The Morgan fingerprint density at radius 3 is 0.701 bits per heavy atom. The Morgan fingerprint density at radius 1 is 0.239 bits per heavy atom. The molecule has 9 aromatic carbocycles. The minimum atomic E-state index is 1.09. The quantitative estimate of drug-likeness (QED) is 0.111. The number of rotatable bonds is 12. The van der Waals surface area contributed by atoms with Crippen LogP contribution < -0.4 is 4.90 Å². The van der Waals surface area contributed by atoms with Crippen LogP contribution in [0.2, 0.25) is 0 Å². The highest BCUT2D eigenvalue weighted by atomic mass is 15.1. The standard InChI is InChI=1S/C66H57N/c1-46-7-10-49(4)61(43-46)28-19-52-13-22-55(23-14-52)58-31-37-64(38-32-58)67(65-39-33-59(34-40-65)56-24-15-53(16-25-56)20-29-62-44-47(2)8-11-50(62)5)66-41-35-60(36-42-66)57-26-17-54(18-27-57)21-30-63-45-48(3)9-12-51(63)6/h7-45H,1-6H3/b28-19+,29-20+,30-21+. The summed E-state index contributed by atoms with van der Waals surface area (Å²) in [5.74, 6) is 0. The zero-order valence-corrected chi connectivity index (χ0v) is 39.5. The van der Waals surface area contributed by atoms with Crippen molar-refractivity contribution in [3.05, 3.63) is 267 Å². The molecule has 326 valence electrons. The van der Waals surface area contributed by atoms with E-state index in [-0.39, 0.29) is 0 Å². The largest absolute Gasteiger partial charge is 0.311 e. The summed E-state index contributed by atoms with van der Waals surface area (Å²) in [4.78, 5) is 2.35. The van der Waals surface area contributed by atoms with Crippen molar-refractivity contribution in [3.63, 3.8) is 0 Å². The van der Waals surface area contributed by atoms with E-state index in [1.807, 2.05) is 0 Å². The zero-order chi connectivity index (χ0) is 46.3. The van der Waals surface area contributed by atoms with Gasteiger partial charge in [0.15, 0.2) is 0 Å². The van der Waals surface area contributed by atoms with Gasteiger partial charge in [-0.05, 0) is 161 Å². The summed E-state index contributed by atoms with van der Waals surface area (Å²) in [7, 11) is 0. The highest BCUT2D eigenvalue weighted by Gasteiger charge is 2.14. The van der Waals surface area contributed by atoms with Crippen LogP contribution in [0.15, 0.2) is 200 Å². The van der Waals surface area contributed by atoms with Crippen molar-refractivity contribution in [3.8, 4) is 33.4 Å². The van der Waals surface area contributed by atoms with E-state index in [1.165, 1.54) is 100 Å². The molecule has 9 rings (SSSR count). The number of hydrogen-bond acceptors (Lipinski definition) is 1. The van der Waals surface area contributed by atoms with E-state index in [0.29, 0.717) is 0 Å². The summed E-state index contributed by atoms with van der Waals surface area (Å²) < 4.78 is 0. The second-order valence-electron chi connectivity index (χ2n) is 17.9. The van der Waals surface area contributed by atoms with Gasteiger partial charge in [0.05, 0.1) is 0 Å². The summed E-state index contributed by atoms with van der Waals surface area (Å²) in [6.45, 7) is 12.9. The molecular weight excluding hydrogens is 807 g/mol. The van der Waals surface area contributed by atoms with Gasteiger partial charge in [0.2, 0.25) is 0 Å². The van der Waals surface area contributed by atoms with Gasteiger partial charge >= 0.3 is 0 Å². The smallest absolute Gasteiger partial charge is 0.0462 e. The Balaban J connectivity index is 0.968. The number of hydrogen-bond donors (Lipinski definition) is 0. The van der Waals surface area contributed by atoms with Gasteiger partial charge in [-0.25, -0.2) is 0 Å². The molecule has 0 saturated carbocycles. The lowest BCUT2D eigenvalue weighted by Gasteiger charge is -2.26. The average Bonchev–Trinajstić information content (AvgIpc) is 3.36. The molecule has 0 amide bonds. The predicted molar refractivity (Wildman–Crippen MR) is 292 cm³/mol. The Morgan fingerprint density at radius 2 is 0.463 bits per heavy atom. The summed E-state index contributed by atoms with van der Waals surface area (Å²) in [5.41, 5.74) is 25.4. The van der Waals surface area contributed by atoms with Crippen molar-refractivity contribution < 1.29 is 0 Å². The molecule has 0 N–H and O–H groups in total. The SMILES string of the molecule is Cc1ccc(C)c(/C=C/c2ccc(-c3ccc(N(c4ccc(-c5ccc(/C=C/c6cc(C)ccc6C)cc5)cc4)c4ccc(-c5ccc(/C=C/c6cc(C)ccc6C)cc5)cc4)cc3)cc2)c1. The van der Waals surface area contributed by atoms with Crippen LogP contribution in [-0.4, -0.2) is 0 Å². The van der Waals surface area contributed by atoms with Gasteiger partial charge in [-0.15, -0.1) is 0 Å². The highest BCUT2D eigenvalue weighted by molar-refractivity contribution is 5.82. The van der Waals surface area contributed by atoms with Crippen LogP contribution in [0, 0.1) is 41.5 Å². The number of nitrogens with zero attached hydrogens (tertiary/aromatic N) is 1. The highest BCUT2D eigenvalue weighted by Crippen LogP contribution is 2.38. The summed E-state index contributed by atoms with van der Waals surface area (Å²) in [5, 5.41) is 0. The molecule has 1 nitrogen and oxygen atoms in total. The first-order valence-electron chi connectivity index (χ1n) is 23.3. The van der Waals surface area contributed by atoms with Gasteiger partial charge in [-0.1, -0.05) is 217 Å². The van der Waals surface area contributed by atoms with Crippen LogP contribution in [0.5, 0.6) is 0 Å².